The van der Waals surface area contributed by atoms with Gasteiger partial charge in [0.15, 0.2) is 0 Å². The van der Waals surface area contributed by atoms with Gasteiger partial charge in [-0.25, -0.2) is 4.39 Å². The third kappa shape index (κ3) is 2.48. The summed E-state index contributed by atoms with van der Waals surface area (Å²) in [6, 6.07) is 6.80. The van der Waals surface area contributed by atoms with Gasteiger partial charge in [-0.3, -0.25) is 0 Å². The van der Waals surface area contributed by atoms with Gasteiger partial charge in [-0.05, 0) is 43.5 Å². The third-order valence-corrected chi connectivity index (χ3v) is 3.03. The Kier molecular flexibility index (Phi) is 3.21. The summed E-state index contributed by atoms with van der Waals surface area (Å²) in [4.78, 5) is 2.23. The molecule has 1 aliphatic rings. The van der Waals surface area contributed by atoms with Gasteiger partial charge >= 0.3 is 0 Å². The van der Waals surface area contributed by atoms with Crippen LogP contribution in [0.15, 0.2) is 24.3 Å². The van der Waals surface area contributed by atoms with Gasteiger partial charge in [0.2, 0.25) is 0 Å². The molecule has 0 aliphatic carbocycles. The van der Waals surface area contributed by atoms with Crippen molar-refractivity contribution in [3.63, 3.8) is 0 Å². The van der Waals surface area contributed by atoms with Crippen LogP contribution < -0.4 is 10.6 Å². The molecule has 2 nitrogen and oxygen atoms in total. The second kappa shape index (κ2) is 4.62. The number of hydrogen-bond acceptors (Lipinski definition) is 2. The van der Waals surface area contributed by atoms with E-state index in [4.69, 9.17) is 5.73 Å². The fourth-order valence-electron chi connectivity index (χ4n) is 2.16. The van der Waals surface area contributed by atoms with E-state index in [-0.39, 0.29) is 5.82 Å². The van der Waals surface area contributed by atoms with Gasteiger partial charge in [0.1, 0.15) is 5.82 Å². The topological polar surface area (TPSA) is 29.3 Å². The highest BCUT2D eigenvalue weighted by atomic mass is 19.1. The number of rotatable bonds is 2. The Bertz CT molecular complexity index is 327. The maximum absolute atomic E-state index is 13.0. The maximum atomic E-state index is 13.0. The van der Waals surface area contributed by atoms with Crippen LogP contribution in [0.4, 0.5) is 10.1 Å². The van der Waals surface area contributed by atoms with Crippen molar-refractivity contribution in [1.29, 1.82) is 0 Å². The van der Waals surface area contributed by atoms with E-state index in [1.165, 1.54) is 12.5 Å². The predicted molar refractivity (Wildman–Crippen MR) is 60.4 cm³/mol. The molecule has 0 saturated carbocycles. The van der Waals surface area contributed by atoms with Gasteiger partial charge in [0.25, 0.3) is 0 Å². The molecule has 0 spiro atoms. The van der Waals surface area contributed by atoms with Crippen LogP contribution >= 0.6 is 0 Å². The predicted octanol–water partition coefficient (Wildman–Crippen LogP) is 2.00. The van der Waals surface area contributed by atoms with Crippen LogP contribution in [-0.4, -0.2) is 19.6 Å². The molecule has 0 amide bonds. The first kappa shape index (κ1) is 10.4. The molecule has 1 unspecified atom stereocenters. The quantitative estimate of drug-likeness (QED) is 0.805. The molecular formula is C12H17FN2. The first-order chi connectivity index (χ1) is 7.29. The molecule has 1 atom stereocenters. The van der Waals surface area contributed by atoms with E-state index in [0.717, 1.165) is 31.7 Å². The minimum atomic E-state index is -0.164. The van der Waals surface area contributed by atoms with Crippen molar-refractivity contribution in [3.8, 4) is 0 Å². The number of nitrogens with two attached hydrogens (primary N) is 1. The summed E-state index contributed by atoms with van der Waals surface area (Å²) in [5.74, 6) is 0.393. The van der Waals surface area contributed by atoms with Crippen LogP contribution in [0.2, 0.25) is 0 Å². The van der Waals surface area contributed by atoms with Crippen LogP contribution in [0.3, 0.4) is 0 Å². The maximum Gasteiger partial charge on any atom is 0.125 e. The zero-order chi connectivity index (χ0) is 10.7. The highest BCUT2D eigenvalue weighted by Gasteiger charge is 2.18. The summed E-state index contributed by atoms with van der Waals surface area (Å²) in [6.45, 7) is 2.70. The van der Waals surface area contributed by atoms with E-state index in [9.17, 15) is 4.39 Å². The zero-order valence-corrected chi connectivity index (χ0v) is 8.82. The van der Waals surface area contributed by atoms with Crippen LogP contribution in [0.5, 0.6) is 0 Å². The van der Waals surface area contributed by atoms with Gasteiger partial charge in [0.05, 0.1) is 0 Å². The molecule has 15 heavy (non-hydrogen) atoms. The monoisotopic (exact) mass is 208 g/mol. The zero-order valence-electron chi connectivity index (χ0n) is 8.82. The molecule has 1 heterocycles. The minimum Gasteiger partial charge on any atom is -0.371 e. The van der Waals surface area contributed by atoms with E-state index in [0.29, 0.717) is 5.92 Å². The standard InChI is InChI=1S/C12H17FN2/c13-11-4-1-5-12(7-11)15-6-2-3-10(8-14)9-15/h1,4-5,7,10H,2-3,6,8-9,14H2. The van der Waals surface area contributed by atoms with Crippen LogP contribution in [0.25, 0.3) is 0 Å². The summed E-state index contributed by atoms with van der Waals surface area (Å²) < 4.78 is 13.0. The number of hydrogen-bond donors (Lipinski definition) is 1. The molecular weight excluding hydrogens is 191 g/mol. The molecule has 3 heteroatoms. The fraction of sp³-hybridized carbons (Fsp3) is 0.500. The Morgan fingerprint density at radius 3 is 3.07 bits per heavy atom. The lowest BCUT2D eigenvalue weighted by molar-refractivity contribution is 0.423. The Morgan fingerprint density at radius 1 is 1.47 bits per heavy atom. The first-order valence-corrected chi connectivity index (χ1v) is 5.50. The number of piperidine rings is 1. The molecule has 0 radical (unpaired) electrons. The van der Waals surface area contributed by atoms with Crippen LogP contribution in [0.1, 0.15) is 12.8 Å². The Balaban J connectivity index is 2.09. The Labute approximate surface area is 89.9 Å². The number of halogens is 1. The summed E-state index contributed by atoms with van der Waals surface area (Å²) in [6.07, 6.45) is 2.35. The lowest BCUT2D eigenvalue weighted by Gasteiger charge is -2.33. The smallest absolute Gasteiger partial charge is 0.125 e. The van der Waals surface area contributed by atoms with E-state index >= 15 is 0 Å². The first-order valence-electron chi connectivity index (χ1n) is 5.50. The number of nitrogens with zero attached hydrogens (tertiary/aromatic N) is 1. The van der Waals surface area contributed by atoms with Gasteiger partial charge in [0, 0.05) is 18.8 Å². The molecule has 82 valence electrons. The second-order valence-corrected chi connectivity index (χ2v) is 4.17. The van der Waals surface area contributed by atoms with E-state index in [1.807, 2.05) is 6.07 Å². The van der Waals surface area contributed by atoms with Gasteiger partial charge in [-0.15, -0.1) is 0 Å². The fourth-order valence-corrected chi connectivity index (χ4v) is 2.16. The van der Waals surface area contributed by atoms with Crippen LogP contribution in [-0.2, 0) is 0 Å². The SMILES string of the molecule is NCC1CCCN(c2cccc(F)c2)C1. The van der Waals surface area contributed by atoms with E-state index < -0.39 is 0 Å². The molecule has 1 aromatic rings. The van der Waals surface area contributed by atoms with Crippen molar-refractivity contribution in [2.75, 3.05) is 24.5 Å². The molecule has 1 fully saturated rings. The lowest BCUT2D eigenvalue weighted by Crippen LogP contribution is -2.38. The summed E-state index contributed by atoms with van der Waals surface area (Å²) >= 11 is 0. The Hall–Kier alpha value is -1.09. The number of benzene rings is 1. The van der Waals surface area contributed by atoms with Gasteiger partial charge < -0.3 is 10.6 Å². The van der Waals surface area contributed by atoms with Crippen LogP contribution in [0, 0.1) is 11.7 Å². The largest absolute Gasteiger partial charge is 0.371 e. The van der Waals surface area contributed by atoms with E-state index in [1.54, 1.807) is 12.1 Å². The lowest BCUT2D eigenvalue weighted by atomic mass is 9.98. The summed E-state index contributed by atoms with van der Waals surface area (Å²) in [5.41, 5.74) is 6.65. The van der Waals surface area contributed by atoms with Gasteiger partial charge in [-0.1, -0.05) is 6.07 Å². The molecule has 0 aromatic heterocycles. The van der Waals surface area contributed by atoms with Crippen molar-refractivity contribution in [3.05, 3.63) is 30.1 Å². The summed E-state index contributed by atoms with van der Waals surface area (Å²) in [7, 11) is 0. The second-order valence-electron chi connectivity index (χ2n) is 4.17. The number of anilines is 1. The van der Waals surface area contributed by atoms with Crippen molar-refractivity contribution < 1.29 is 4.39 Å². The molecule has 1 aromatic carbocycles. The molecule has 0 bridgehead atoms. The summed E-state index contributed by atoms with van der Waals surface area (Å²) in [5, 5.41) is 0. The third-order valence-electron chi connectivity index (χ3n) is 3.03. The van der Waals surface area contributed by atoms with Gasteiger partial charge in [-0.2, -0.15) is 0 Å². The van der Waals surface area contributed by atoms with Crippen molar-refractivity contribution in [2.24, 2.45) is 11.7 Å². The van der Waals surface area contributed by atoms with Crippen molar-refractivity contribution in [2.45, 2.75) is 12.8 Å². The van der Waals surface area contributed by atoms with E-state index in [2.05, 4.69) is 4.90 Å². The highest BCUT2D eigenvalue weighted by molar-refractivity contribution is 5.46. The average Bonchev–Trinajstić information content (AvgIpc) is 2.29. The Morgan fingerprint density at radius 2 is 2.33 bits per heavy atom. The molecule has 1 saturated heterocycles. The highest BCUT2D eigenvalue weighted by Crippen LogP contribution is 2.22. The van der Waals surface area contributed by atoms with Crippen molar-refractivity contribution in [1.82, 2.24) is 0 Å². The minimum absolute atomic E-state index is 0.164. The van der Waals surface area contributed by atoms with Crippen molar-refractivity contribution >= 4 is 5.69 Å². The normalized spacial score (nSPS) is 21.7. The average molecular weight is 208 g/mol. The molecule has 1 aliphatic heterocycles. The molecule has 2 rings (SSSR count). The molecule has 2 N–H and O–H groups in total.